The van der Waals surface area contributed by atoms with Crippen LogP contribution in [-0.4, -0.2) is 42.9 Å². The van der Waals surface area contributed by atoms with Gasteiger partial charge < -0.3 is 15.5 Å². The summed E-state index contributed by atoms with van der Waals surface area (Å²) < 4.78 is 0. The Morgan fingerprint density at radius 1 is 1.32 bits per heavy atom. The van der Waals surface area contributed by atoms with Crippen LogP contribution in [0.5, 0.6) is 0 Å². The van der Waals surface area contributed by atoms with E-state index in [1.165, 1.54) is 0 Å². The van der Waals surface area contributed by atoms with E-state index in [0.717, 1.165) is 43.1 Å². The summed E-state index contributed by atoms with van der Waals surface area (Å²) in [6.07, 6.45) is 4.08. The third kappa shape index (κ3) is 5.21. The highest BCUT2D eigenvalue weighted by Crippen LogP contribution is 2.24. The fourth-order valence-electron chi connectivity index (χ4n) is 2.87. The van der Waals surface area contributed by atoms with Gasteiger partial charge in [-0.2, -0.15) is 0 Å². The van der Waals surface area contributed by atoms with Crippen molar-refractivity contribution in [2.24, 2.45) is 5.92 Å². The van der Waals surface area contributed by atoms with Crippen molar-refractivity contribution < 1.29 is 4.79 Å². The molecule has 0 radical (unpaired) electrons. The van der Waals surface area contributed by atoms with Gasteiger partial charge in [-0.15, -0.1) is 11.8 Å². The van der Waals surface area contributed by atoms with Gasteiger partial charge in [0.15, 0.2) is 0 Å². The molecule has 2 rings (SSSR count). The lowest BCUT2D eigenvalue weighted by molar-refractivity contribution is 0.180. The first-order chi connectivity index (χ1) is 10.6. The average Bonchev–Trinajstić information content (AvgIpc) is 2.49. The molecule has 0 spiro atoms. The predicted molar refractivity (Wildman–Crippen MR) is 94.7 cm³/mol. The Morgan fingerprint density at radius 3 is 2.64 bits per heavy atom. The largest absolute Gasteiger partial charge is 0.335 e. The number of hydrogen-bond donors (Lipinski definition) is 2. The van der Waals surface area contributed by atoms with Crippen molar-refractivity contribution in [2.45, 2.75) is 37.6 Å². The van der Waals surface area contributed by atoms with Crippen molar-refractivity contribution in [2.75, 3.05) is 31.2 Å². The van der Waals surface area contributed by atoms with Gasteiger partial charge >= 0.3 is 6.03 Å². The Kier molecular flexibility index (Phi) is 6.58. The first kappa shape index (κ1) is 17.2. The fourth-order valence-corrected chi connectivity index (χ4v) is 3.42. The number of hydrogen-bond acceptors (Lipinski definition) is 3. The van der Waals surface area contributed by atoms with Crippen molar-refractivity contribution in [3.05, 3.63) is 24.3 Å². The van der Waals surface area contributed by atoms with E-state index in [2.05, 4.69) is 29.4 Å². The summed E-state index contributed by atoms with van der Waals surface area (Å²) in [5.41, 5.74) is 0.879. The molecule has 2 amide bonds. The second-order valence-corrected chi connectivity index (χ2v) is 7.12. The minimum Gasteiger partial charge on any atom is -0.335 e. The molecule has 0 aliphatic carbocycles. The number of anilines is 1. The van der Waals surface area contributed by atoms with Crippen LogP contribution in [0.2, 0.25) is 0 Å². The standard InChI is InChI=1S/C17H27N3OS/c1-13(2)12-20-10-8-14(9-11-20)18-17(21)19-15-6-4-5-7-16(15)22-3/h4-7,13-14H,8-12H2,1-3H3,(H2,18,19,21). The number of piperidine rings is 1. The number of carbonyl (C=O) groups excluding carboxylic acids is 1. The Labute approximate surface area is 138 Å². The van der Waals surface area contributed by atoms with Gasteiger partial charge in [-0.1, -0.05) is 26.0 Å². The molecular weight excluding hydrogens is 294 g/mol. The van der Waals surface area contributed by atoms with Crippen LogP contribution < -0.4 is 10.6 Å². The van der Waals surface area contributed by atoms with Crippen molar-refractivity contribution in [1.82, 2.24) is 10.2 Å². The lowest BCUT2D eigenvalue weighted by Gasteiger charge is -2.33. The van der Waals surface area contributed by atoms with Gasteiger partial charge in [-0.3, -0.25) is 0 Å². The van der Waals surface area contributed by atoms with E-state index in [1.54, 1.807) is 11.8 Å². The Balaban J connectivity index is 1.79. The number of amides is 2. The van der Waals surface area contributed by atoms with Gasteiger partial charge in [0.2, 0.25) is 0 Å². The van der Waals surface area contributed by atoms with Crippen LogP contribution in [0.25, 0.3) is 0 Å². The van der Waals surface area contributed by atoms with Crippen molar-refractivity contribution in [1.29, 1.82) is 0 Å². The van der Waals surface area contributed by atoms with E-state index >= 15 is 0 Å². The van der Waals surface area contributed by atoms with Crippen LogP contribution in [-0.2, 0) is 0 Å². The molecule has 0 atom stereocenters. The number of carbonyl (C=O) groups is 1. The molecule has 1 aliphatic rings. The van der Waals surface area contributed by atoms with Crippen molar-refractivity contribution >= 4 is 23.5 Å². The molecule has 5 heteroatoms. The van der Waals surface area contributed by atoms with Crippen LogP contribution >= 0.6 is 11.8 Å². The molecule has 0 unspecified atom stereocenters. The summed E-state index contributed by atoms with van der Waals surface area (Å²) in [7, 11) is 0. The second-order valence-electron chi connectivity index (χ2n) is 6.27. The smallest absolute Gasteiger partial charge is 0.319 e. The maximum absolute atomic E-state index is 12.2. The zero-order valence-corrected chi connectivity index (χ0v) is 14.6. The van der Waals surface area contributed by atoms with E-state index in [1.807, 2.05) is 30.5 Å². The molecular formula is C17H27N3OS. The number of para-hydroxylation sites is 1. The van der Waals surface area contributed by atoms with Gasteiger partial charge in [-0.05, 0) is 37.1 Å². The molecule has 1 heterocycles. The molecule has 1 aliphatic heterocycles. The van der Waals surface area contributed by atoms with Gasteiger partial charge in [0.05, 0.1) is 5.69 Å². The topological polar surface area (TPSA) is 44.4 Å². The zero-order valence-electron chi connectivity index (χ0n) is 13.8. The number of nitrogens with zero attached hydrogens (tertiary/aromatic N) is 1. The molecule has 4 nitrogen and oxygen atoms in total. The molecule has 1 aromatic rings. The van der Waals surface area contributed by atoms with Crippen LogP contribution in [0.1, 0.15) is 26.7 Å². The molecule has 0 bridgehead atoms. The van der Waals surface area contributed by atoms with E-state index < -0.39 is 0 Å². The zero-order chi connectivity index (χ0) is 15.9. The SMILES string of the molecule is CSc1ccccc1NC(=O)NC1CCN(CC(C)C)CC1. The van der Waals surface area contributed by atoms with Crippen LogP contribution in [0.3, 0.4) is 0 Å². The Bertz CT molecular complexity index is 485. The monoisotopic (exact) mass is 321 g/mol. The highest BCUT2D eigenvalue weighted by atomic mass is 32.2. The Morgan fingerprint density at radius 2 is 2.00 bits per heavy atom. The van der Waals surface area contributed by atoms with E-state index in [9.17, 15) is 4.79 Å². The molecule has 0 saturated carbocycles. The van der Waals surface area contributed by atoms with E-state index in [-0.39, 0.29) is 12.1 Å². The quantitative estimate of drug-likeness (QED) is 0.814. The minimum atomic E-state index is -0.0937. The van der Waals surface area contributed by atoms with Gasteiger partial charge in [0, 0.05) is 30.6 Å². The lowest BCUT2D eigenvalue weighted by atomic mass is 10.0. The van der Waals surface area contributed by atoms with Gasteiger partial charge in [-0.25, -0.2) is 4.79 Å². The first-order valence-corrected chi connectivity index (χ1v) is 9.24. The lowest BCUT2D eigenvalue weighted by Crippen LogP contribution is -2.46. The van der Waals surface area contributed by atoms with Gasteiger partial charge in [0.25, 0.3) is 0 Å². The highest BCUT2D eigenvalue weighted by molar-refractivity contribution is 7.98. The summed E-state index contributed by atoms with van der Waals surface area (Å²) in [6.45, 7) is 7.80. The van der Waals surface area contributed by atoms with Crippen LogP contribution in [0, 0.1) is 5.92 Å². The molecule has 1 saturated heterocycles. The predicted octanol–water partition coefficient (Wildman–Crippen LogP) is 3.65. The number of rotatable bonds is 5. The average molecular weight is 321 g/mol. The summed E-state index contributed by atoms with van der Waals surface area (Å²) >= 11 is 1.64. The number of urea groups is 1. The normalized spacial score (nSPS) is 16.7. The van der Waals surface area contributed by atoms with Crippen LogP contribution in [0.4, 0.5) is 10.5 Å². The first-order valence-electron chi connectivity index (χ1n) is 8.01. The van der Waals surface area contributed by atoms with Crippen molar-refractivity contribution in [3.8, 4) is 0 Å². The fraction of sp³-hybridized carbons (Fsp3) is 0.588. The van der Waals surface area contributed by atoms with E-state index in [0.29, 0.717) is 5.92 Å². The summed E-state index contributed by atoms with van der Waals surface area (Å²) in [6, 6.07) is 8.08. The Hall–Kier alpha value is -1.20. The molecule has 22 heavy (non-hydrogen) atoms. The molecule has 0 aromatic heterocycles. The molecule has 1 aromatic carbocycles. The third-order valence-corrected chi connectivity index (χ3v) is 4.70. The number of thioether (sulfide) groups is 1. The highest BCUT2D eigenvalue weighted by Gasteiger charge is 2.21. The van der Waals surface area contributed by atoms with Crippen LogP contribution in [0.15, 0.2) is 29.2 Å². The molecule has 2 N–H and O–H groups in total. The molecule has 122 valence electrons. The third-order valence-electron chi connectivity index (χ3n) is 3.90. The number of benzene rings is 1. The summed E-state index contributed by atoms with van der Waals surface area (Å²) in [5.74, 6) is 0.704. The van der Waals surface area contributed by atoms with E-state index in [4.69, 9.17) is 0 Å². The molecule has 1 fully saturated rings. The number of likely N-dealkylation sites (tertiary alicyclic amines) is 1. The maximum Gasteiger partial charge on any atom is 0.319 e. The maximum atomic E-state index is 12.2. The summed E-state index contributed by atoms with van der Waals surface area (Å²) in [4.78, 5) is 15.7. The second kappa shape index (κ2) is 8.44. The summed E-state index contributed by atoms with van der Waals surface area (Å²) in [5, 5.41) is 6.07. The van der Waals surface area contributed by atoms with Gasteiger partial charge in [0.1, 0.15) is 0 Å². The minimum absolute atomic E-state index is 0.0937. The number of nitrogens with one attached hydrogen (secondary N) is 2. The van der Waals surface area contributed by atoms with Crippen molar-refractivity contribution in [3.63, 3.8) is 0 Å².